The molecule has 4 heteroatoms. The van der Waals surface area contributed by atoms with Crippen molar-refractivity contribution >= 4 is 0 Å². The number of nitrogens with zero attached hydrogens (tertiary/aromatic N) is 1. The summed E-state index contributed by atoms with van der Waals surface area (Å²) < 4.78 is 11.1. The Bertz CT molecular complexity index is 422. The maximum Gasteiger partial charge on any atom is 0.161 e. The predicted molar refractivity (Wildman–Crippen MR) is 67.9 cm³/mol. The number of likely N-dealkylation sites (tertiary alicyclic amines) is 1. The van der Waals surface area contributed by atoms with Gasteiger partial charge in [0.1, 0.15) is 13.2 Å². The van der Waals surface area contributed by atoms with E-state index in [1.54, 1.807) is 0 Å². The molecule has 1 aromatic carbocycles. The molecule has 4 nitrogen and oxygen atoms in total. The van der Waals surface area contributed by atoms with Crippen molar-refractivity contribution in [1.29, 1.82) is 0 Å². The number of fused-ring (bicyclic) bond motifs is 1. The van der Waals surface area contributed by atoms with Crippen LogP contribution >= 0.6 is 0 Å². The van der Waals surface area contributed by atoms with Gasteiger partial charge in [-0.05, 0) is 37.1 Å². The Labute approximate surface area is 107 Å². The first kappa shape index (κ1) is 11.8. The van der Waals surface area contributed by atoms with E-state index in [-0.39, 0.29) is 6.61 Å². The molecule has 0 amide bonds. The summed E-state index contributed by atoms with van der Waals surface area (Å²) in [5, 5.41) is 9.32. The number of ether oxygens (including phenoxy) is 2. The van der Waals surface area contributed by atoms with Crippen LogP contribution in [0.3, 0.4) is 0 Å². The summed E-state index contributed by atoms with van der Waals surface area (Å²) in [6.07, 6.45) is 2.27. The third-order valence-corrected chi connectivity index (χ3v) is 3.70. The Morgan fingerprint density at radius 2 is 2.06 bits per heavy atom. The van der Waals surface area contributed by atoms with E-state index in [2.05, 4.69) is 17.0 Å². The van der Waals surface area contributed by atoms with Gasteiger partial charge in [-0.15, -0.1) is 0 Å². The van der Waals surface area contributed by atoms with Gasteiger partial charge < -0.3 is 14.6 Å². The molecule has 98 valence electrons. The molecule has 1 aromatic rings. The average molecular weight is 249 g/mol. The highest BCUT2D eigenvalue weighted by Gasteiger charge is 2.24. The fourth-order valence-electron chi connectivity index (χ4n) is 2.73. The lowest BCUT2D eigenvalue weighted by molar-refractivity contribution is 0.152. The third-order valence-electron chi connectivity index (χ3n) is 3.70. The van der Waals surface area contributed by atoms with Gasteiger partial charge in [-0.1, -0.05) is 6.07 Å². The molecule has 2 aliphatic rings. The van der Waals surface area contributed by atoms with E-state index in [4.69, 9.17) is 9.47 Å². The first-order chi connectivity index (χ1) is 8.86. The van der Waals surface area contributed by atoms with Crippen LogP contribution in [0.1, 0.15) is 18.4 Å². The van der Waals surface area contributed by atoms with Crippen LogP contribution in [0.2, 0.25) is 0 Å². The molecule has 0 saturated carbocycles. The van der Waals surface area contributed by atoms with Crippen LogP contribution in [0.5, 0.6) is 11.5 Å². The Balaban J connectivity index is 1.72. The van der Waals surface area contributed by atoms with Crippen LogP contribution in [0.25, 0.3) is 0 Å². The molecule has 1 unspecified atom stereocenters. The lowest BCUT2D eigenvalue weighted by Crippen LogP contribution is -2.31. The molecular weight excluding hydrogens is 230 g/mol. The molecule has 2 aliphatic heterocycles. The van der Waals surface area contributed by atoms with Crippen molar-refractivity contribution in [2.24, 2.45) is 0 Å². The van der Waals surface area contributed by atoms with Gasteiger partial charge in [0, 0.05) is 12.6 Å². The molecule has 2 heterocycles. The summed E-state index contributed by atoms with van der Waals surface area (Å²) in [6.45, 7) is 3.45. The van der Waals surface area contributed by atoms with Crippen molar-refractivity contribution in [3.05, 3.63) is 23.8 Å². The highest BCUT2D eigenvalue weighted by molar-refractivity contribution is 5.43. The number of benzene rings is 1. The van der Waals surface area contributed by atoms with E-state index in [1.165, 1.54) is 12.0 Å². The Kier molecular flexibility index (Phi) is 3.39. The molecule has 3 rings (SSSR count). The minimum atomic E-state index is 0.255. The summed E-state index contributed by atoms with van der Waals surface area (Å²) >= 11 is 0. The van der Waals surface area contributed by atoms with Crippen LogP contribution in [0, 0.1) is 0 Å². The zero-order chi connectivity index (χ0) is 12.4. The molecule has 1 atom stereocenters. The second kappa shape index (κ2) is 5.16. The lowest BCUT2D eigenvalue weighted by Gasteiger charge is -2.24. The molecule has 1 saturated heterocycles. The second-order valence-electron chi connectivity index (χ2n) is 4.93. The third kappa shape index (κ3) is 2.31. The SMILES string of the molecule is OCC1CCCN1Cc1ccc2c(c1)OCCO2. The first-order valence-electron chi connectivity index (χ1n) is 6.60. The molecule has 1 fully saturated rings. The molecular formula is C14H19NO3. The zero-order valence-electron chi connectivity index (χ0n) is 10.5. The second-order valence-corrected chi connectivity index (χ2v) is 4.93. The van der Waals surface area contributed by atoms with Gasteiger partial charge in [-0.3, -0.25) is 4.90 Å². The highest BCUT2D eigenvalue weighted by atomic mass is 16.6. The van der Waals surface area contributed by atoms with Crippen LogP contribution in [0.15, 0.2) is 18.2 Å². The van der Waals surface area contributed by atoms with Crippen molar-refractivity contribution in [3.8, 4) is 11.5 Å². The standard InChI is InChI=1S/C14H19NO3/c16-10-12-2-1-5-15(12)9-11-3-4-13-14(8-11)18-7-6-17-13/h3-4,8,12,16H,1-2,5-7,9-10H2. The monoisotopic (exact) mass is 249 g/mol. The summed E-state index contributed by atoms with van der Waals surface area (Å²) in [4.78, 5) is 2.34. The molecule has 0 radical (unpaired) electrons. The average Bonchev–Trinajstić information content (AvgIpc) is 2.86. The maximum atomic E-state index is 9.32. The minimum Gasteiger partial charge on any atom is -0.486 e. The zero-order valence-corrected chi connectivity index (χ0v) is 10.5. The highest BCUT2D eigenvalue weighted by Crippen LogP contribution is 2.31. The largest absolute Gasteiger partial charge is 0.486 e. The van der Waals surface area contributed by atoms with E-state index >= 15 is 0 Å². The van der Waals surface area contributed by atoms with Gasteiger partial charge in [-0.25, -0.2) is 0 Å². The van der Waals surface area contributed by atoms with Crippen LogP contribution < -0.4 is 9.47 Å². The van der Waals surface area contributed by atoms with E-state index in [9.17, 15) is 5.11 Å². The maximum absolute atomic E-state index is 9.32. The van der Waals surface area contributed by atoms with Gasteiger partial charge >= 0.3 is 0 Å². The van der Waals surface area contributed by atoms with Gasteiger partial charge in [0.25, 0.3) is 0 Å². The number of aliphatic hydroxyl groups is 1. The van der Waals surface area contributed by atoms with Gasteiger partial charge in [0.15, 0.2) is 11.5 Å². The van der Waals surface area contributed by atoms with E-state index in [0.29, 0.717) is 19.3 Å². The van der Waals surface area contributed by atoms with Crippen LogP contribution in [0.4, 0.5) is 0 Å². The smallest absolute Gasteiger partial charge is 0.161 e. The van der Waals surface area contributed by atoms with Crippen LogP contribution in [-0.2, 0) is 6.54 Å². The molecule has 0 aliphatic carbocycles. The van der Waals surface area contributed by atoms with Crippen molar-refractivity contribution in [2.45, 2.75) is 25.4 Å². The molecule has 0 aromatic heterocycles. The Morgan fingerprint density at radius 1 is 1.22 bits per heavy atom. The summed E-state index contributed by atoms with van der Waals surface area (Å²) in [6, 6.07) is 6.44. The Hall–Kier alpha value is -1.26. The number of rotatable bonds is 3. The van der Waals surface area contributed by atoms with E-state index in [0.717, 1.165) is 31.0 Å². The lowest BCUT2D eigenvalue weighted by atomic mass is 10.1. The van der Waals surface area contributed by atoms with Crippen molar-refractivity contribution in [3.63, 3.8) is 0 Å². The number of aliphatic hydroxyl groups excluding tert-OH is 1. The predicted octanol–water partition coefficient (Wildman–Crippen LogP) is 1.41. The van der Waals surface area contributed by atoms with Gasteiger partial charge in [0.2, 0.25) is 0 Å². The summed E-state index contributed by atoms with van der Waals surface area (Å²) in [5.74, 6) is 1.68. The molecule has 0 spiro atoms. The fourth-order valence-corrected chi connectivity index (χ4v) is 2.73. The number of hydrogen-bond donors (Lipinski definition) is 1. The molecule has 1 N–H and O–H groups in total. The molecule has 0 bridgehead atoms. The van der Waals surface area contributed by atoms with E-state index in [1.807, 2.05) is 6.07 Å². The quantitative estimate of drug-likeness (QED) is 0.879. The number of hydrogen-bond acceptors (Lipinski definition) is 4. The molecule has 18 heavy (non-hydrogen) atoms. The summed E-state index contributed by atoms with van der Waals surface area (Å²) in [5.41, 5.74) is 1.22. The van der Waals surface area contributed by atoms with Gasteiger partial charge in [0.05, 0.1) is 6.61 Å². The normalized spacial score (nSPS) is 23.3. The minimum absolute atomic E-state index is 0.255. The van der Waals surface area contributed by atoms with Gasteiger partial charge in [-0.2, -0.15) is 0 Å². The van der Waals surface area contributed by atoms with Crippen molar-refractivity contribution in [1.82, 2.24) is 4.90 Å². The summed E-state index contributed by atoms with van der Waals surface area (Å²) in [7, 11) is 0. The fraction of sp³-hybridized carbons (Fsp3) is 0.571. The first-order valence-corrected chi connectivity index (χ1v) is 6.60. The van der Waals surface area contributed by atoms with E-state index < -0.39 is 0 Å². The van der Waals surface area contributed by atoms with Crippen molar-refractivity contribution < 1.29 is 14.6 Å². The van der Waals surface area contributed by atoms with Crippen LogP contribution in [-0.4, -0.2) is 42.4 Å². The Morgan fingerprint density at radius 3 is 2.89 bits per heavy atom. The topological polar surface area (TPSA) is 41.9 Å². The van der Waals surface area contributed by atoms with Crippen molar-refractivity contribution in [2.75, 3.05) is 26.4 Å².